The summed E-state index contributed by atoms with van der Waals surface area (Å²) < 4.78 is 0. The van der Waals surface area contributed by atoms with E-state index in [9.17, 15) is 9.90 Å². The van der Waals surface area contributed by atoms with Crippen molar-refractivity contribution in [3.05, 3.63) is 28.8 Å². The zero-order valence-electron chi connectivity index (χ0n) is 9.77. The minimum Gasteiger partial charge on any atom is -0.393 e. The van der Waals surface area contributed by atoms with Crippen molar-refractivity contribution in [2.45, 2.75) is 18.9 Å². The lowest BCUT2D eigenvalue weighted by Crippen LogP contribution is -2.37. The summed E-state index contributed by atoms with van der Waals surface area (Å²) in [5.41, 5.74) is 1.51. The third kappa shape index (κ3) is 2.79. The van der Waals surface area contributed by atoms with E-state index in [1.165, 1.54) is 0 Å². The molecule has 1 N–H and O–H groups in total. The molecule has 1 aliphatic rings. The van der Waals surface area contributed by atoms with Gasteiger partial charge in [-0.1, -0.05) is 11.6 Å². The summed E-state index contributed by atoms with van der Waals surface area (Å²) in [6.07, 6.45) is 2.40. The van der Waals surface area contributed by atoms with Crippen LogP contribution in [0, 0.1) is 5.92 Å². The Balaban J connectivity index is 2.09. The maximum Gasteiger partial charge on any atom is 0.152 e. The van der Waals surface area contributed by atoms with E-state index in [0.717, 1.165) is 31.4 Å². The van der Waals surface area contributed by atoms with Crippen molar-refractivity contribution in [1.82, 2.24) is 0 Å². The Labute approximate surface area is 106 Å². The van der Waals surface area contributed by atoms with E-state index in [0.29, 0.717) is 16.5 Å². The molecule has 1 aromatic rings. The van der Waals surface area contributed by atoms with Crippen molar-refractivity contribution < 1.29 is 9.90 Å². The number of carbonyl (C=O) groups excluding carboxylic acids is 1. The number of carbonyl (C=O) groups is 1. The molecule has 0 saturated heterocycles. The van der Waals surface area contributed by atoms with Gasteiger partial charge in [0.05, 0.1) is 6.10 Å². The second-order valence-corrected chi connectivity index (χ2v) is 5.13. The standard InChI is InChI=1S/C13H16ClNO2/c1-15(7-9-4-12(17)5-9)13-6-11(14)3-2-10(13)8-16/h2-3,6,8-9,12,17H,4-5,7H2,1H3. The molecular weight excluding hydrogens is 238 g/mol. The lowest BCUT2D eigenvalue weighted by molar-refractivity contribution is 0.0464. The number of rotatable bonds is 4. The average molecular weight is 254 g/mol. The predicted molar refractivity (Wildman–Crippen MR) is 68.8 cm³/mol. The maximum atomic E-state index is 11.0. The monoisotopic (exact) mass is 253 g/mol. The van der Waals surface area contributed by atoms with Crippen LogP contribution in [0.1, 0.15) is 23.2 Å². The van der Waals surface area contributed by atoms with Crippen LogP contribution in [-0.4, -0.2) is 31.1 Å². The Hall–Kier alpha value is -1.06. The van der Waals surface area contributed by atoms with Gasteiger partial charge >= 0.3 is 0 Å². The first kappa shape index (κ1) is 12.4. The minimum atomic E-state index is -0.140. The molecular formula is C13H16ClNO2. The highest BCUT2D eigenvalue weighted by Gasteiger charge is 2.28. The van der Waals surface area contributed by atoms with Gasteiger partial charge < -0.3 is 10.0 Å². The lowest BCUT2D eigenvalue weighted by Gasteiger charge is -2.35. The molecule has 0 atom stereocenters. The molecule has 1 fully saturated rings. The number of anilines is 1. The fraction of sp³-hybridized carbons (Fsp3) is 0.462. The van der Waals surface area contributed by atoms with Gasteiger partial charge in [-0.25, -0.2) is 0 Å². The van der Waals surface area contributed by atoms with Crippen LogP contribution in [0.15, 0.2) is 18.2 Å². The van der Waals surface area contributed by atoms with Crippen molar-refractivity contribution in [2.75, 3.05) is 18.5 Å². The summed E-state index contributed by atoms with van der Waals surface area (Å²) >= 11 is 5.94. The summed E-state index contributed by atoms with van der Waals surface area (Å²) in [6, 6.07) is 5.26. The van der Waals surface area contributed by atoms with Gasteiger partial charge in [0, 0.05) is 29.9 Å². The van der Waals surface area contributed by atoms with Gasteiger partial charge in [0.15, 0.2) is 6.29 Å². The van der Waals surface area contributed by atoms with Crippen LogP contribution in [-0.2, 0) is 0 Å². The first-order valence-electron chi connectivity index (χ1n) is 5.74. The van der Waals surface area contributed by atoms with Gasteiger partial charge in [0.1, 0.15) is 0 Å². The van der Waals surface area contributed by atoms with Crippen molar-refractivity contribution in [3.63, 3.8) is 0 Å². The Kier molecular flexibility index (Phi) is 3.69. The molecule has 0 radical (unpaired) electrons. The number of halogens is 1. The van der Waals surface area contributed by atoms with Gasteiger partial charge in [-0.05, 0) is 37.0 Å². The third-order valence-corrected chi connectivity index (χ3v) is 3.51. The lowest BCUT2D eigenvalue weighted by atomic mass is 9.82. The van der Waals surface area contributed by atoms with Gasteiger partial charge in [-0.15, -0.1) is 0 Å². The van der Waals surface area contributed by atoms with E-state index in [-0.39, 0.29) is 6.10 Å². The Morgan fingerprint density at radius 1 is 1.53 bits per heavy atom. The molecule has 17 heavy (non-hydrogen) atoms. The predicted octanol–water partition coefficient (Wildman–Crippen LogP) is 2.36. The molecule has 4 heteroatoms. The molecule has 0 heterocycles. The van der Waals surface area contributed by atoms with Crippen LogP contribution in [0.25, 0.3) is 0 Å². The molecule has 0 aliphatic heterocycles. The molecule has 1 aromatic carbocycles. The summed E-state index contributed by atoms with van der Waals surface area (Å²) in [6.45, 7) is 0.845. The van der Waals surface area contributed by atoms with E-state index in [4.69, 9.17) is 11.6 Å². The maximum absolute atomic E-state index is 11.0. The molecule has 3 nitrogen and oxygen atoms in total. The Bertz CT molecular complexity index is 416. The van der Waals surface area contributed by atoms with Gasteiger partial charge in [-0.3, -0.25) is 4.79 Å². The average Bonchev–Trinajstić information content (AvgIpc) is 2.27. The first-order chi connectivity index (χ1) is 8.10. The van der Waals surface area contributed by atoms with Crippen LogP contribution < -0.4 is 4.90 Å². The molecule has 1 saturated carbocycles. The van der Waals surface area contributed by atoms with E-state index < -0.39 is 0 Å². The topological polar surface area (TPSA) is 40.5 Å². The van der Waals surface area contributed by atoms with E-state index in [2.05, 4.69) is 0 Å². The van der Waals surface area contributed by atoms with Crippen molar-refractivity contribution in [1.29, 1.82) is 0 Å². The summed E-state index contributed by atoms with van der Waals surface area (Å²) in [5.74, 6) is 0.508. The van der Waals surface area contributed by atoms with E-state index in [1.807, 2.05) is 11.9 Å². The Morgan fingerprint density at radius 2 is 2.24 bits per heavy atom. The van der Waals surface area contributed by atoms with Crippen molar-refractivity contribution in [2.24, 2.45) is 5.92 Å². The van der Waals surface area contributed by atoms with Crippen LogP contribution >= 0.6 is 11.6 Å². The molecule has 0 amide bonds. The van der Waals surface area contributed by atoms with Crippen LogP contribution in [0.3, 0.4) is 0 Å². The van der Waals surface area contributed by atoms with Crippen LogP contribution in [0.5, 0.6) is 0 Å². The van der Waals surface area contributed by atoms with Crippen molar-refractivity contribution in [3.8, 4) is 0 Å². The fourth-order valence-corrected chi connectivity index (χ4v) is 2.45. The summed E-state index contributed by atoms with van der Waals surface area (Å²) in [5, 5.41) is 9.88. The fourth-order valence-electron chi connectivity index (χ4n) is 2.28. The van der Waals surface area contributed by atoms with Crippen molar-refractivity contribution >= 4 is 23.6 Å². The number of hydrogen-bond acceptors (Lipinski definition) is 3. The normalized spacial score (nSPS) is 23.0. The number of aliphatic hydroxyl groups excluding tert-OH is 1. The zero-order valence-corrected chi connectivity index (χ0v) is 10.5. The van der Waals surface area contributed by atoms with E-state index >= 15 is 0 Å². The number of aliphatic hydroxyl groups is 1. The quantitative estimate of drug-likeness (QED) is 0.838. The number of aldehydes is 1. The Morgan fingerprint density at radius 3 is 2.82 bits per heavy atom. The van der Waals surface area contributed by atoms with Gasteiger partial charge in [-0.2, -0.15) is 0 Å². The van der Waals surface area contributed by atoms with Gasteiger partial charge in [0.25, 0.3) is 0 Å². The first-order valence-corrected chi connectivity index (χ1v) is 6.12. The van der Waals surface area contributed by atoms with Crippen LogP contribution in [0.4, 0.5) is 5.69 Å². The summed E-state index contributed by atoms with van der Waals surface area (Å²) in [4.78, 5) is 13.0. The van der Waals surface area contributed by atoms with Crippen LogP contribution in [0.2, 0.25) is 5.02 Å². The van der Waals surface area contributed by atoms with Gasteiger partial charge in [0.2, 0.25) is 0 Å². The molecule has 0 aromatic heterocycles. The third-order valence-electron chi connectivity index (χ3n) is 3.27. The molecule has 0 bridgehead atoms. The van der Waals surface area contributed by atoms with E-state index in [1.54, 1.807) is 18.2 Å². The highest BCUT2D eigenvalue weighted by molar-refractivity contribution is 6.31. The number of benzene rings is 1. The molecule has 92 valence electrons. The highest BCUT2D eigenvalue weighted by atomic mass is 35.5. The second-order valence-electron chi connectivity index (χ2n) is 4.69. The summed E-state index contributed by atoms with van der Waals surface area (Å²) in [7, 11) is 1.95. The SMILES string of the molecule is CN(CC1CC(O)C1)c1cc(Cl)ccc1C=O. The molecule has 0 unspecified atom stereocenters. The molecule has 2 rings (SSSR count). The zero-order chi connectivity index (χ0) is 12.4. The smallest absolute Gasteiger partial charge is 0.152 e. The second kappa shape index (κ2) is 5.07. The highest BCUT2D eigenvalue weighted by Crippen LogP contribution is 2.30. The molecule has 1 aliphatic carbocycles. The number of hydrogen-bond donors (Lipinski definition) is 1. The minimum absolute atomic E-state index is 0.140. The molecule has 0 spiro atoms. The largest absolute Gasteiger partial charge is 0.393 e. The number of nitrogens with zero attached hydrogens (tertiary/aromatic N) is 1.